The topological polar surface area (TPSA) is 32.3 Å². The standard InChI is InChI=1S/C18H20N2O/c1-13-8-10-15(11-9-13)17-12-14(2)19-20(17)18(21)16-6-4-3-5-7-16/h3-11,14,17,19H,12H2,1-2H3/t14-,17-/m1/s1. The molecular formula is C18H20N2O. The van der Waals surface area contributed by atoms with Crippen LogP contribution in [0, 0.1) is 6.92 Å². The number of carbonyl (C=O) groups is 1. The molecule has 3 heteroatoms. The predicted molar refractivity (Wildman–Crippen MR) is 83.7 cm³/mol. The van der Waals surface area contributed by atoms with Gasteiger partial charge in [0, 0.05) is 11.6 Å². The minimum absolute atomic E-state index is 0.0329. The number of aryl methyl sites for hydroxylation is 1. The van der Waals surface area contributed by atoms with Gasteiger partial charge in [0.05, 0.1) is 6.04 Å². The summed E-state index contributed by atoms with van der Waals surface area (Å²) in [6.07, 6.45) is 0.932. The van der Waals surface area contributed by atoms with Crippen molar-refractivity contribution < 1.29 is 4.79 Å². The fraction of sp³-hybridized carbons (Fsp3) is 0.278. The molecule has 2 aromatic rings. The Hall–Kier alpha value is -2.13. The minimum Gasteiger partial charge on any atom is -0.268 e. The molecule has 0 radical (unpaired) electrons. The van der Waals surface area contributed by atoms with Gasteiger partial charge in [0.15, 0.2) is 0 Å². The van der Waals surface area contributed by atoms with E-state index in [2.05, 4.69) is 43.5 Å². The van der Waals surface area contributed by atoms with E-state index in [1.165, 1.54) is 11.1 Å². The van der Waals surface area contributed by atoms with Gasteiger partial charge in [0.1, 0.15) is 0 Å². The van der Waals surface area contributed by atoms with Crippen LogP contribution in [0.4, 0.5) is 0 Å². The molecule has 3 nitrogen and oxygen atoms in total. The molecule has 1 fully saturated rings. The Morgan fingerprint density at radius 3 is 2.43 bits per heavy atom. The summed E-state index contributed by atoms with van der Waals surface area (Å²) in [5, 5.41) is 1.78. The van der Waals surface area contributed by atoms with E-state index in [0.29, 0.717) is 6.04 Å². The molecule has 0 aliphatic carbocycles. The maximum atomic E-state index is 12.7. The van der Waals surface area contributed by atoms with E-state index in [1.54, 1.807) is 5.01 Å². The highest BCUT2D eigenvalue weighted by atomic mass is 16.2. The largest absolute Gasteiger partial charge is 0.268 e. The molecule has 0 aromatic heterocycles. The highest BCUT2D eigenvalue weighted by Gasteiger charge is 2.34. The zero-order chi connectivity index (χ0) is 14.8. The lowest BCUT2D eigenvalue weighted by atomic mass is 10.0. The summed E-state index contributed by atoms with van der Waals surface area (Å²) in [6, 6.07) is 18.3. The minimum atomic E-state index is 0.0329. The van der Waals surface area contributed by atoms with Crippen LogP contribution in [0.15, 0.2) is 54.6 Å². The van der Waals surface area contributed by atoms with Crippen molar-refractivity contribution in [3.63, 3.8) is 0 Å². The highest BCUT2D eigenvalue weighted by molar-refractivity contribution is 5.94. The molecule has 1 amide bonds. The number of nitrogens with one attached hydrogen (secondary N) is 1. The van der Waals surface area contributed by atoms with E-state index in [9.17, 15) is 4.79 Å². The van der Waals surface area contributed by atoms with Crippen molar-refractivity contribution in [2.45, 2.75) is 32.4 Å². The average Bonchev–Trinajstić information content (AvgIpc) is 2.90. The summed E-state index contributed by atoms with van der Waals surface area (Å²) in [5.41, 5.74) is 6.43. The van der Waals surface area contributed by atoms with Crippen LogP contribution in [0.3, 0.4) is 0 Å². The molecule has 1 heterocycles. The lowest BCUT2D eigenvalue weighted by molar-refractivity contribution is 0.0640. The SMILES string of the molecule is Cc1ccc([C@H]2C[C@@H](C)NN2C(=O)c2ccccc2)cc1. The Morgan fingerprint density at radius 2 is 1.76 bits per heavy atom. The highest BCUT2D eigenvalue weighted by Crippen LogP contribution is 2.31. The van der Waals surface area contributed by atoms with Crippen molar-refractivity contribution >= 4 is 5.91 Å². The molecule has 2 aromatic carbocycles. The second kappa shape index (κ2) is 5.70. The van der Waals surface area contributed by atoms with Crippen molar-refractivity contribution in [1.29, 1.82) is 0 Å². The Balaban J connectivity index is 1.89. The molecule has 0 bridgehead atoms. The van der Waals surface area contributed by atoms with Gasteiger partial charge in [-0.15, -0.1) is 0 Å². The van der Waals surface area contributed by atoms with E-state index >= 15 is 0 Å². The summed E-state index contributed by atoms with van der Waals surface area (Å²) in [6.45, 7) is 4.19. The Morgan fingerprint density at radius 1 is 1.10 bits per heavy atom. The second-order valence-corrected chi connectivity index (χ2v) is 5.73. The number of carbonyl (C=O) groups excluding carboxylic acids is 1. The number of rotatable bonds is 2. The van der Waals surface area contributed by atoms with Gasteiger partial charge in [-0.25, -0.2) is 5.43 Å². The lowest BCUT2D eigenvalue weighted by Crippen LogP contribution is -2.40. The zero-order valence-electron chi connectivity index (χ0n) is 12.4. The smallest absolute Gasteiger partial charge is 0.268 e. The van der Waals surface area contributed by atoms with Crippen molar-refractivity contribution in [1.82, 2.24) is 10.4 Å². The van der Waals surface area contributed by atoms with Gasteiger partial charge in [0.25, 0.3) is 5.91 Å². The van der Waals surface area contributed by atoms with Crippen LogP contribution >= 0.6 is 0 Å². The summed E-state index contributed by atoms with van der Waals surface area (Å²) in [5.74, 6) is 0.0329. The fourth-order valence-corrected chi connectivity index (χ4v) is 2.81. The van der Waals surface area contributed by atoms with Gasteiger partial charge in [0.2, 0.25) is 0 Å². The third kappa shape index (κ3) is 2.83. The zero-order valence-corrected chi connectivity index (χ0v) is 12.4. The van der Waals surface area contributed by atoms with Gasteiger partial charge in [-0.3, -0.25) is 9.80 Å². The van der Waals surface area contributed by atoms with Crippen LogP contribution in [-0.4, -0.2) is 17.0 Å². The van der Waals surface area contributed by atoms with Crippen molar-refractivity contribution in [3.05, 3.63) is 71.3 Å². The maximum Gasteiger partial charge on any atom is 0.268 e. The summed E-state index contributed by atoms with van der Waals surface area (Å²) in [4.78, 5) is 12.7. The number of amides is 1. The molecule has 0 saturated carbocycles. The summed E-state index contributed by atoms with van der Waals surface area (Å²) in [7, 11) is 0. The first-order chi connectivity index (χ1) is 10.1. The first-order valence-corrected chi connectivity index (χ1v) is 7.36. The monoisotopic (exact) mass is 280 g/mol. The van der Waals surface area contributed by atoms with Crippen LogP contribution < -0.4 is 5.43 Å². The van der Waals surface area contributed by atoms with Gasteiger partial charge < -0.3 is 0 Å². The number of nitrogens with zero attached hydrogens (tertiary/aromatic N) is 1. The van der Waals surface area contributed by atoms with Gasteiger partial charge in [-0.1, -0.05) is 48.0 Å². The van der Waals surface area contributed by atoms with Crippen LogP contribution in [0.1, 0.15) is 40.9 Å². The third-order valence-corrected chi connectivity index (χ3v) is 3.95. The molecule has 0 unspecified atom stereocenters. The van der Waals surface area contributed by atoms with Crippen LogP contribution in [0.2, 0.25) is 0 Å². The Labute approximate surface area is 125 Å². The second-order valence-electron chi connectivity index (χ2n) is 5.73. The van der Waals surface area contributed by atoms with Gasteiger partial charge >= 0.3 is 0 Å². The molecule has 1 aliphatic rings. The molecule has 0 spiro atoms. The lowest BCUT2D eigenvalue weighted by Gasteiger charge is -2.25. The summed E-state index contributed by atoms with van der Waals surface area (Å²) < 4.78 is 0. The van der Waals surface area contributed by atoms with E-state index in [0.717, 1.165) is 12.0 Å². The molecule has 1 saturated heterocycles. The number of benzene rings is 2. The average molecular weight is 280 g/mol. The van der Waals surface area contributed by atoms with Gasteiger partial charge in [-0.05, 0) is 38.0 Å². The molecule has 21 heavy (non-hydrogen) atoms. The van der Waals surface area contributed by atoms with Crippen LogP contribution in [0.25, 0.3) is 0 Å². The van der Waals surface area contributed by atoms with Crippen LogP contribution in [0.5, 0.6) is 0 Å². The number of hydrogen-bond donors (Lipinski definition) is 1. The fourth-order valence-electron chi connectivity index (χ4n) is 2.81. The first kappa shape index (κ1) is 13.8. The van der Waals surface area contributed by atoms with Crippen molar-refractivity contribution in [3.8, 4) is 0 Å². The quantitative estimate of drug-likeness (QED) is 0.913. The van der Waals surface area contributed by atoms with Crippen molar-refractivity contribution in [2.75, 3.05) is 0 Å². The van der Waals surface area contributed by atoms with Gasteiger partial charge in [-0.2, -0.15) is 0 Å². The van der Waals surface area contributed by atoms with E-state index in [-0.39, 0.29) is 11.9 Å². The maximum absolute atomic E-state index is 12.7. The normalized spacial score (nSPS) is 21.5. The number of hydrazine groups is 1. The first-order valence-electron chi connectivity index (χ1n) is 7.36. The van der Waals surface area contributed by atoms with E-state index in [4.69, 9.17) is 0 Å². The molecule has 1 aliphatic heterocycles. The van der Waals surface area contributed by atoms with Crippen LogP contribution in [-0.2, 0) is 0 Å². The molecule has 2 atom stereocenters. The van der Waals surface area contributed by atoms with E-state index in [1.807, 2.05) is 30.3 Å². The molecule has 108 valence electrons. The van der Waals surface area contributed by atoms with E-state index < -0.39 is 0 Å². The Kier molecular flexibility index (Phi) is 3.76. The third-order valence-electron chi connectivity index (χ3n) is 3.95. The molecule has 3 rings (SSSR count). The number of hydrogen-bond acceptors (Lipinski definition) is 2. The summed E-state index contributed by atoms with van der Waals surface area (Å²) >= 11 is 0. The van der Waals surface area contributed by atoms with Crippen molar-refractivity contribution in [2.24, 2.45) is 0 Å². The predicted octanol–water partition coefficient (Wildman–Crippen LogP) is 3.48. The molecular weight excluding hydrogens is 260 g/mol. The molecule has 1 N–H and O–H groups in total. The Bertz CT molecular complexity index is 621.